The summed E-state index contributed by atoms with van der Waals surface area (Å²) < 4.78 is 0. The van der Waals surface area contributed by atoms with E-state index in [1.807, 2.05) is 0 Å². The Morgan fingerprint density at radius 3 is 1.60 bits per heavy atom. The van der Waals surface area contributed by atoms with E-state index in [9.17, 15) is 0 Å². The average Bonchev–Trinajstić information content (AvgIpc) is 2.24. The van der Waals surface area contributed by atoms with Crippen LogP contribution in [0.15, 0.2) is 0 Å². The fraction of sp³-hybridized carbons (Fsp3) is 1.00. The molecule has 0 fully saturated rings. The van der Waals surface area contributed by atoms with Crippen molar-refractivity contribution in [2.45, 2.75) is 72.1 Å². The molecule has 1 nitrogen and oxygen atoms in total. The van der Waals surface area contributed by atoms with Gasteiger partial charge in [0.25, 0.3) is 0 Å². The molecule has 0 saturated carbocycles. The van der Waals surface area contributed by atoms with Crippen molar-refractivity contribution in [1.82, 2.24) is 4.90 Å². The van der Waals surface area contributed by atoms with E-state index < -0.39 is 0 Å². The Kier molecular flexibility index (Phi) is 12.0. The largest absolute Gasteiger partial charge is 0.303 e. The molecule has 0 aromatic carbocycles. The van der Waals surface area contributed by atoms with Crippen LogP contribution < -0.4 is 0 Å². The highest BCUT2D eigenvalue weighted by Gasteiger charge is 2.01. The zero-order valence-electron chi connectivity index (χ0n) is 11.2. The van der Waals surface area contributed by atoms with Crippen molar-refractivity contribution in [2.24, 2.45) is 0 Å². The van der Waals surface area contributed by atoms with Crippen LogP contribution in [0.4, 0.5) is 0 Å². The lowest BCUT2D eigenvalue weighted by molar-refractivity contribution is 0.268. The van der Waals surface area contributed by atoms with Crippen LogP contribution in [0.5, 0.6) is 0 Å². The fourth-order valence-corrected chi connectivity index (χ4v) is 2.08. The van der Waals surface area contributed by atoms with Crippen LogP contribution in [-0.4, -0.2) is 24.5 Å². The van der Waals surface area contributed by atoms with E-state index in [1.165, 1.54) is 71.0 Å². The van der Waals surface area contributed by atoms with E-state index in [4.69, 9.17) is 0 Å². The molecule has 0 aliphatic rings. The summed E-state index contributed by atoms with van der Waals surface area (Å²) in [7, 11) is 0. The Bertz CT molecular complexity index is 106. The maximum Gasteiger partial charge on any atom is -0.00187 e. The minimum atomic E-state index is 1.29. The van der Waals surface area contributed by atoms with Crippen molar-refractivity contribution < 1.29 is 0 Å². The van der Waals surface area contributed by atoms with Crippen LogP contribution in [0.25, 0.3) is 0 Å². The Morgan fingerprint density at radius 2 is 1.07 bits per heavy atom. The molecule has 92 valence electrons. The Morgan fingerprint density at radius 1 is 0.533 bits per heavy atom. The van der Waals surface area contributed by atoms with Crippen LogP contribution in [-0.2, 0) is 0 Å². The molecule has 1 heteroatoms. The van der Waals surface area contributed by atoms with Crippen LogP contribution in [0.3, 0.4) is 0 Å². The van der Waals surface area contributed by atoms with E-state index in [0.717, 1.165) is 0 Å². The van der Waals surface area contributed by atoms with E-state index in [0.29, 0.717) is 0 Å². The second-order valence-corrected chi connectivity index (χ2v) is 4.61. The van der Waals surface area contributed by atoms with Gasteiger partial charge in [-0.15, -0.1) is 0 Å². The standard InChI is InChI=1S/C14H31N/c1-4-7-8-9-10-11-14-15(12-5-2)13-6-3/h4-14H2,1-3H3. The molecular formula is C14H31N. The van der Waals surface area contributed by atoms with Gasteiger partial charge in [-0.25, -0.2) is 0 Å². The summed E-state index contributed by atoms with van der Waals surface area (Å²) in [5.74, 6) is 0. The molecule has 0 rings (SSSR count). The Balaban J connectivity index is 3.28. The van der Waals surface area contributed by atoms with Crippen LogP contribution in [0.2, 0.25) is 0 Å². The first-order valence-electron chi connectivity index (χ1n) is 7.07. The summed E-state index contributed by atoms with van der Waals surface area (Å²) in [6.45, 7) is 10.8. The van der Waals surface area contributed by atoms with E-state index >= 15 is 0 Å². The molecule has 0 radical (unpaired) electrons. The van der Waals surface area contributed by atoms with E-state index in [-0.39, 0.29) is 0 Å². The minimum absolute atomic E-state index is 1.29. The van der Waals surface area contributed by atoms with Crippen LogP contribution >= 0.6 is 0 Å². The van der Waals surface area contributed by atoms with Crippen molar-refractivity contribution in [3.05, 3.63) is 0 Å². The summed E-state index contributed by atoms with van der Waals surface area (Å²) in [5.41, 5.74) is 0. The third-order valence-electron chi connectivity index (χ3n) is 2.91. The molecule has 0 unspecified atom stereocenters. The van der Waals surface area contributed by atoms with Crippen molar-refractivity contribution >= 4 is 0 Å². The number of rotatable bonds is 11. The molecule has 0 spiro atoms. The number of hydrogen-bond acceptors (Lipinski definition) is 1. The number of unbranched alkanes of at least 4 members (excludes halogenated alkanes) is 5. The lowest BCUT2D eigenvalue weighted by atomic mass is 10.1. The van der Waals surface area contributed by atoms with Gasteiger partial charge in [-0.3, -0.25) is 0 Å². The second-order valence-electron chi connectivity index (χ2n) is 4.61. The number of nitrogens with zero attached hydrogens (tertiary/aromatic N) is 1. The number of hydrogen-bond donors (Lipinski definition) is 0. The summed E-state index contributed by atoms with van der Waals surface area (Å²) in [6.07, 6.45) is 11.1. The van der Waals surface area contributed by atoms with Gasteiger partial charge in [0.05, 0.1) is 0 Å². The van der Waals surface area contributed by atoms with Gasteiger partial charge in [0.15, 0.2) is 0 Å². The van der Waals surface area contributed by atoms with Crippen LogP contribution in [0, 0.1) is 0 Å². The maximum atomic E-state index is 2.62. The molecule has 0 saturated heterocycles. The zero-order chi connectivity index (χ0) is 11.4. The summed E-state index contributed by atoms with van der Waals surface area (Å²) in [6, 6.07) is 0. The monoisotopic (exact) mass is 213 g/mol. The van der Waals surface area contributed by atoms with E-state index in [2.05, 4.69) is 25.7 Å². The molecule has 15 heavy (non-hydrogen) atoms. The van der Waals surface area contributed by atoms with Gasteiger partial charge in [-0.2, -0.15) is 0 Å². The van der Waals surface area contributed by atoms with Gasteiger partial charge in [0.2, 0.25) is 0 Å². The Hall–Kier alpha value is -0.0400. The first-order chi connectivity index (χ1) is 7.35. The predicted molar refractivity (Wildman–Crippen MR) is 70.4 cm³/mol. The van der Waals surface area contributed by atoms with Gasteiger partial charge in [0.1, 0.15) is 0 Å². The molecule has 0 aromatic heterocycles. The molecule has 0 heterocycles. The molecule has 0 aromatic rings. The van der Waals surface area contributed by atoms with E-state index in [1.54, 1.807) is 0 Å². The van der Waals surface area contributed by atoms with Gasteiger partial charge in [-0.05, 0) is 38.9 Å². The summed E-state index contributed by atoms with van der Waals surface area (Å²) >= 11 is 0. The molecule has 0 amide bonds. The summed E-state index contributed by atoms with van der Waals surface area (Å²) in [5, 5.41) is 0. The Labute approximate surface area is 97.2 Å². The van der Waals surface area contributed by atoms with Gasteiger partial charge in [0, 0.05) is 0 Å². The van der Waals surface area contributed by atoms with Crippen molar-refractivity contribution in [1.29, 1.82) is 0 Å². The smallest absolute Gasteiger partial charge is 0.00187 e. The molecule has 0 N–H and O–H groups in total. The highest BCUT2D eigenvalue weighted by atomic mass is 15.1. The fourth-order valence-electron chi connectivity index (χ4n) is 2.08. The van der Waals surface area contributed by atoms with Gasteiger partial charge in [-0.1, -0.05) is 52.9 Å². The van der Waals surface area contributed by atoms with Crippen molar-refractivity contribution in [2.75, 3.05) is 19.6 Å². The third kappa shape index (κ3) is 10.2. The lowest BCUT2D eigenvalue weighted by Gasteiger charge is -2.20. The van der Waals surface area contributed by atoms with Gasteiger partial charge >= 0.3 is 0 Å². The SMILES string of the molecule is CCCCCCCCN(CCC)CCC. The first kappa shape index (κ1) is 15.0. The first-order valence-corrected chi connectivity index (χ1v) is 7.07. The minimum Gasteiger partial charge on any atom is -0.303 e. The topological polar surface area (TPSA) is 3.24 Å². The molecule has 0 bridgehead atoms. The molecule has 0 atom stereocenters. The highest BCUT2D eigenvalue weighted by Crippen LogP contribution is 2.06. The quantitative estimate of drug-likeness (QED) is 0.458. The lowest BCUT2D eigenvalue weighted by Crippen LogP contribution is -2.26. The summed E-state index contributed by atoms with van der Waals surface area (Å²) in [4.78, 5) is 2.62. The predicted octanol–water partition coefficient (Wildman–Crippen LogP) is 4.47. The normalized spacial score (nSPS) is 11.2. The molecular weight excluding hydrogens is 182 g/mol. The van der Waals surface area contributed by atoms with Crippen molar-refractivity contribution in [3.63, 3.8) is 0 Å². The molecule has 0 aliphatic carbocycles. The second kappa shape index (κ2) is 12.0. The van der Waals surface area contributed by atoms with Gasteiger partial charge < -0.3 is 4.90 Å². The van der Waals surface area contributed by atoms with Crippen molar-refractivity contribution in [3.8, 4) is 0 Å². The molecule has 0 aliphatic heterocycles. The zero-order valence-corrected chi connectivity index (χ0v) is 11.2. The highest BCUT2D eigenvalue weighted by molar-refractivity contribution is 4.56. The third-order valence-corrected chi connectivity index (χ3v) is 2.91. The van der Waals surface area contributed by atoms with Crippen LogP contribution in [0.1, 0.15) is 72.1 Å². The average molecular weight is 213 g/mol. The maximum absolute atomic E-state index is 2.62.